The van der Waals surface area contributed by atoms with E-state index in [9.17, 15) is 5.11 Å². The molecule has 1 aliphatic heterocycles. The van der Waals surface area contributed by atoms with Crippen molar-refractivity contribution in [3.63, 3.8) is 0 Å². The summed E-state index contributed by atoms with van der Waals surface area (Å²) < 4.78 is 5.53. The molecular formula is C14H22N4O2. The van der Waals surface area contributed by atoms with Crippen molar-refractivity contribution in [2.45, 2.75) is 44.5 Å². The summed E-state index contributed by atoms with van der Waals surface area (Å²) >= 11 is 0. The highest BCUT2D eigenvalue weighted by Gasteiger charge is 2.27. The molecule has 0 amide bonds. The molecule has 1 aliphatic carbocycles. The fourth-order valence-corrected chi connectivity index (χ4v) is 2.34. The van der Waals surface area contributed by atoms with Crippen LogP contribution in [0.5, 0.6) is 0 Å². The lowest BCUT2D eigenvalue weighted by molar-refractivity contribution is -0.0108. The fourth-order valence-electron chi connectivity index (χ4n) is 2.34. The van der Waals surface area contributed by atoms with E-state index in [1.807, 2.05) is 12.4 Å². The number of hydrogen-bond donors (Lipinski definition) is 2. The van der Waals surface area contributed by atoms with E-state index >= 15 is 0 Å². The van der Waals surface area contributed by atoms with Gasteiger partial charge in [0.15, 0.2) is 0 Å². The van der Waals surface area contributed by atoms with Gasteiger partial charge in [-0.05, 0) is 19.8 Å². The molecule has 1 saturated heterocycles. The average Bonchev–Trinajstić information content (AvgIpc) is 3.31. The van der Waals surface area contributed by atoms with Crippen LogP contribution in [-0.2, 0) is 11.3 Å². The quantitative estimate of drug-likeness (QED) is 0.808. The van der Waals surface area contributed by atoms with Crippen molar-refractivity contribution in [3.05, 3.63) is 18.0 Å². The van der Waals surface area contributed by atoms with Crippen LogP contribution < -0.4 is 10.2 Å². The van der Waals surface area contributed by atoms with Crippen molar-refractivity contribution < 1.29 is 9.84 Å². The second-order valence-electron chi connectivity index (χ2n) is 5.69. The van der Waals surface area contributed by atoms with Gasteiger partial charge in [-0.3, -0.25) is 0 Å². The molecule has 0 aromatic carbocycles. The number of rotatable bonds is 5. The van der Waals surface area contributed by atoms with Gasteiger partial charge in [0.1, 0.15) is 0 Å². The summed E-state index contributed by atoms with van der Waals surface area (Å²) in [4.78, 5) is 11.0. The second kappa shape index (κ2) is 6.03. The fraction of sp³-hybridized carbons (Fsp3) is 0.714. The Morgan fingerprint density at radius 3 is 2.80 bits per heavy atom. The van der Waals surface area contributed by atoms with Gasteiger partial charge >= 0.3 is 0 Å². The minimum absolute atomic E-state index is 0.0343. The number of aliphatic hydroxyl groups is 1. The summed E-state index contributed by atoms with van der Waals surface area (Å²) in [5.74, 6) is 0.717. The van der Waals surface area contributed by atoms with Crippen molar-refractivity contribution in [1.29, 1.82) is 0 Å². The van der Waals surface area contributed by atoms with Crippen LogP contribution in [0.4, 0.5) is 5.95 Å². The van der Waals surface area contributed by atoms with Crippen LogP contribution in [0.3, 0.4) is 0 Å². The first-order valence-electron chi connectivity index (χ1n) is 7.29. The summed E-state index contributed by atoms with van der Waals surface area (Å²) in [6, 6.07) is 0.924. The van der Waals surface area contributed by atoms with Gasteiger partial charge < -0.3 is 20.1 Å². The number of anilines is 1. The van der Waals surface area contributed by atoms with E-state index in [0.717, 1.165) is 18.1 Å². The first-order valence-corrected chi connectivity index (χ1v) is 7.29. The molecule has 2 atom stereocenters. The molecule has 110 valence electrons. The normalized spacial score (nSPS) is 26.8. The molecule has 2 aliphatic rings. The molecular weight excluding hydrogens is 256 g/mol. The molecule has 2 unspecified atom stereocenters. The van der Waals surface area contributed by atoms with Crippen LogP contribution in [0, 0.1) is 0 Å². The van der Waals surface area contributed by atoms with Gasteiger partial charge in [-0.15, -0.1) is 0 Å². The zero-order valence-corrected chi connectivity index (χ0v) is 11.8. The van der Waals surface area contributed by atoms with Crippen LogP contribution in [0.25, 0.3) is 0 Å². The smallest absolute Gasteiger partial charge is 0.225 e. The molecule has 0 spiro atoms. The Kier molecular flexibility index (Phi) is 4.14. The monoisotopic (exact) mass is 278 g/mol. The highest BCUT2D eigenvalue weighted by atomic mass is 16.5. The van der Waals surface area contributed by atoms with Crippen molar-refractivity contribution >= 4 is 5.95 Å². The Balaban J connectivity index is 1.62. The summed E-state index contributed by atoms with van der Waals surface area (Å²) in [6.07, 6.45) is 6.19. The third-order valence-electron chi connectivity index (χ3n) is 3.83. The summed E-state index contributed by atoms with van der Waals surface area (Å²) in [7, 11) is 0. The summed E-state index contributed by atoms with van der Waals surface area (Å²) in [5.41, 5.74) is 1.11. The third kappa shape index (κ3) is 3.26. The Morgan fingerprint density at radius 1 is 1.40 bits per heavy atom. The third-order valence-corrected chi connectivity index (χ3v) is 3.83. The zero-order valence-electron chi connectivity index (χ0n) is 11.8. The maximum Gasteiger partial charge on any atom is 0.225 e. The number of aliphatic hydroxyl groups excluding tert-OH is 1. The Hall–Kier alpha value is -1.24. The molecule has 0 radical (unpaired) electrons. The molecule has 1 aromatic heterocycles. The number of morpholine rings is 1. The van der Waals surface area contributed by atoms with Crippen molar-refractivity contribution in [2.75, 3.05) is 24.7 Å². The number of ether oxygens (including phenoxy) is 1. The molecule has 3 rings (SSSR count). The Labute approximate surface area is 119 Å². The predicted octanol–water partition coefficient (Wildman–Crippen LogP) is 0.315. The van der Waals surface area contributed by atoms with E-state index in [1.54, 1.807) is 0 Å². The number of nitrogens with one attached hydrogen (secondary N) is 1. The van der Waals surface area contributed by atoms with Crippen LogP contribution in [0.2, 0.25) is 0 Å². The highest BCUT2D eigenvalue weighted by molar-refractivity contribution is 5.32. The number of hydrogen-bond acceptors (Lipinski definition) is 6. The lowest BCUT2D eigenvalue weighted by Gasteiger charge is -2.37. The molecule has 6 heteroatoms. The first-order chi connectivity index (χ1) is 9.76. The van der Waals surface area contributed by atoms with Crippen LogP contribution in [0.1, 0.15) is 25.3 Å². The molecule has 2 heterocycles. The Morgan fingerprint density at radius 2 is 2.15 bits per heavy atom. The van der Waals surface area contributed by atoms with Gasteiger partial charge in [-0.1, -0.05) is 0 Å². The van der Waals surface area contributed by atoms with E-state index in [0.29, 0.717) is 19.2 Å². The van der Waals surface area contributed by atoms with E-state index in [-0.39, 0.29) is 18.8 Å². The second-order valence-corrected chi connectivity index (χ2v) is 5.69. The summed E-state index contributed by atoms with van der Waals surface area (Å²) in [5, 5.41) is 12.7. The van der Waals surface area contributed by atoms with Crippen molar-refractivity contribution in [1.82, 2.24) is 15.3 Å². The molecule has 0 bridgehead atoms. The van der Waals surface area contributed by atoms with Crippen LogP contribution >= 0.6 is 0 Å². The van der Waals surface area contributed by atoms with E-state index < -0.39 is 0 Å². The standard InChI is InChI=1S/C14H22N4O2/c1-10-9-20-13(8-19)7-18(10)14-16-5-11(6-17-14)4-15-12-2-3-12/h5-6,10,12-13,15,19H,2-4,7-9H2,1H3. The van der Waals surface area contributed by atoms with E-state index in [1.165, 1.54) is 12.8 Å². The zero-order chi connectivity index (χ0) is 13.9. The van der Waals surface area contributed by atoms with E-state index in [4.69, 9.17) is 4.74 Å². The molecule has 1 aromatic rings. The molecule has 6 nitrogen and oxygen atoms in total. The largest absolute Gasteiger partial charge is 0.394 e. The average molecular weight is 278 g/mol. The molecule has 2 fully saturated rings. The number of nitrogens with zero attached hydrogens (tertiary/aromatic N) is 3. The lowest BCUT2D eigenvalue weighted by Crippen LogP contribution is -2.50. The van der Waals surface area contributed by atoms with Gasteiger partial charge in [-0.2, -0.15) is 0 Å². The molecule has 20 heavy (non-hydrogen) atoms. The van der Waals surface area contributed by atoms with Crippen molar-refractivity contribution in [2.24, 2.45) is 0 Å². The molecule has 1 saturated carbocycles. The van der Waals surface area contributed by atoms with Gasteiger partial charge in [0.05, 0.1) is 25.4 Å². The highest BCUT2D eigenvalue weighted by Crippen LogP contribution is 2.20. The molecule has 2 N–H and O–H groups in total. The maximum atomic E-state index is 9.21. The number of aromatic nitrogens is 2. The van der Waals surface area contributed by atoms with Crippen molar-refractivity contribution in [3.8, 4) is 0 Å². The maximum absolute atomic E-state index is 9.21. The minimum atomic E-state index is -0.147. The van der Waals surface area contributed by atoms with Gasteiger partial charge in [0, 0.05) is 37.1 Å². The van der Waals surface area contributed by atoms with Gasteiger partial charge in [-0.25, -0.2) is 9.97 Å². The van der Waals surface area contributed by atoms with E-state index in [2.05, 4.69) is 27.1 Å². The van der Waals surface area contributed by atoms with Gasteiger partial charge in [0.25, 0.3) is 0 Å². The van der Waals surface area contributed by atoms with Gasteiger partial charge in [0.2, 0.25) is 5.95 Å². The topological polar surface area (TPSA) is 70.5 Å². The summed E-state index contributed by atoms with van der Waals surface area (Å²) in [6.45, 7) is 4.19. The van der Waals surface area contributed by atoms with Crippen LogP contribution in [0.15, 0.2) is 12.4 Å². The predicted molar refractivity (Wildman–Crippen MR) is 75.5 cm³/mol. The van der Waals surface area contributed by atoms with Crippen LogP contribution in [-0.4, -0.2) is 53.0 Å². The minimum Gasteiger partial charge on any atom is -0.394 e. The lowest BCUT2D eigenvalue weighted by atomic mass is 10.2. The first kappa shape index (κ1) is 13.7. The Bertz CT molecular complexity index is 435. The SMILES string of the molecule is CC1COC(CO)CN1c1ncc(CNC2CC2)cn1.